The molecule has 0 radical (unpaired) electrons. The van der Waals surface area contributed by atoms with E-state index in [1.807, 2.05) is 0 Å². The van der Waals surface area contributed by atoms with E-state index in [4.69, 9.17) is 0 Å². The summed E-state index contributed by atoms with van der Waals surface area (Å²) < 4.78 is 0. The summed E-state index contributed by atoms with van der Waals surface area (Å²) in [5.74, 6) is 0. The van der Waals surface area contributed by atoms with Gasteiger partial charge in [0, 0.05) is 0 Å². The van der Waals surface area contributed by atoms with Crippen molar-refractivity contribution in [3.05, 3.63) is 35.9 Å². The molecule has 0 nitrogen and oxygen atoms in total. The molecule has 0 spiro atoms. The van der Waals surface area contributed by atoms with Gasteiger partial charge in [-0.1, -0.05) is 0 Å². The Kier molecular flexibility index (Phi) is 7.99. The first kappa shape index (κ1) is 15.5. The van der Waals surface area contributed by atoms with Crippen LogP contribution < -0.4 is 24.0 Å². The molecule has 0 atom stereocenters. The molecule has 0 heterocycles. The van der Waals surface area contributed by atoms with E-state index in [2.05, 4.69) is 51.1 Å². The number of rotatable bonds is 5. The minimum atomic E-state index is -1.31. The molecule has 0 N–H and O–H groups in total. The van der Waals surface area contributed by atoms with Crippen LogP contribution in [-0.2, 0) is 5.21 Å². The van der Waals surface area contributed by atoms with Gasteiger partial charge in [0.1, 0.15) is 0 Å². The summed E-state index contributed by atoms with van der Waals surface area (Å²) in [6, 6.07) is 11.0. The fourth-order valence-corrected chi connectivity index (χ4v) is 8.27. The number of halogens is 1. The van der Waals surface area contributed by atoms with E-state index in [1.165, 1.54) is 20.8 Å². The summed E-state index contributed by atoms with van der Waals surface area (Å²) in [4.78, 5) is 0. The second-order valence-electron chi connectivity index (χ2n) is 3.93. The van der Waals surface area contributed by atoms with Gasteiger partial charge in [0.15, 0.2) is 0 Å². The van der Waals surface area contributed by atoms with Crippen LogP contribution in [-0.4, -0.2) is 13.6 Å². The van der Waals surface area contributed by atoms with Crippen LogP contribution in [0.1, 0.15) is 26.3 Å². The van der Waals surface area contributed by atoms with Crippen LogP contribution in [0.2, 0.25) is 15.6 Å². The molecule has 0 fully saturated rings. The molecular weight excluding hydrogens is 358 g/mol. The third-order valence-electron chi connectivity index (χ3n) is 3.37. The monoisotopic (exact) mass is 380 g/mol. The quantitative estimate of drug-likeness (QED) is 0.534. The third kappa shape index (κ3) is 4.48. The van der Waals surface area contributed by atoms with Crippen molar-refractivity contribution < 1.29 is 24.0 Å². The van der Waals surface area contributed by atoms with E-state index in [-0.39, 0.29) is 24.0 Å². The predicted molar refractivity (Wildman–Crippen MR) is 67.3 cm³/mol. The smallest absolute Gasteiger partial charge is 1.00 e. The Balaban J connectivity index is 0.00000196. The second-order valence-corrected chi connectivity index (χ2v) is 14.2. The van der Waals surface area contributed by atoms with Crippen LogP contribution in [0.4, 0.5) is 0 Å². The normalized spacial score (nSPS) is 10.9. The van der Waals surface area contributed by atoms with Crippen LogP contribution in [0.5, 0.6) is 0 Å². The molecule has 0 bridgehead atoms. The van der Waals surface area contributed by atoms with Gasteiger partial charge >= 0.3 is 91.1 Å². The van der Waals surface area contributed by atoms with Crippen LogP contribution in [0, 0.1) is 0 Å². The van der Waals surface area contributed by atoms with Crippen molar-refractivity contribution in [1.82, 2.24) is 0 Å². The van der Waals surface area contributed by atoms with E-state index >= 15 is 0 Å². The van der Waals surface area contributed by atoms with Crippen molar-refractivity contribution in [2.75, 3.05) is 0 Å². The van der Waals surface area contributed by atoms with Crippen molar-refractivity contribution in [2.24, 2.45) is 0 Å². The minimum Gasteiger partial charge on any atom is -1.00 e. The van der Waals surface area contributed by atoms with Gasteiger partial charge in [-0.15, -0.1) is 0 Å². The fraction of sp³-hybridized carbons (Fsp3) is 0.538. The van der Waals surface area contributed by atoms with Gasteiger partial charge in [-0.05, 0) is 0 Å². The molecule has 0 aromatic heterocycles. The van der Waals surface area contributed by atoms with E-state index in [0.29, 0.717) is 0 Å². The number of hydrogen-bond acceptors (Lipinski definition) is 0. The molecule has 0 amide bonds. The van der Waals surface area contributed by atoms with Gasteiger partial charge in [0.2, 0.25) is 0 Å². The summed E-state index contributed by atoms with van der Waals surface area (Å²) in [7, 11) is 0. The fourth-order valence-electron chi connectivity index (χ4n) is 1.98. The molecule has 1 aromatic carbocycles. The Bertz CT molecular complexity index is 246. The summed E-state index contributed by atoms with van der Waals surface area (Å²) in [5.41, 5.74) is 1.56. The average molecular weight is 380 g/mol. The van der Waals surface area contributed by atoms with Crippen LogP contribution in [0.15, 0.2) is 30.3 Å². The minimum absolute atomic E-state index is 0. The van der Waals surface area contributed by atoms with Crippen molar-refractivity contribution in [3.8, 4) is 0 Å². The summed E-state index contributed by atoms with van der Waals surface area (Å²) in [6.45, 7) is 7.18. The molecule has 86 valence electrons. The number of benzene rings is 1. The first-order valence-corrected chi connectivity index (χ1v) is 11.0. The van der Waals surface area contributed by atoms with E-state index in [1.54, 1.807) is 5.56 Å². The van der Waals surface area contributed by atoms with Crippen molar-refractivity contribution in [2.45, 2.75) is 41.6 Å². The second kappa shape index (κ2) is 7.73. The molecule has 1 aromatic rings. The summed E-state index contributed by atoms with van der Waals surface area (Å²) in [6.07, 6.45) is 0. The largest absolute Gasteiger partial charge is 1.00 e. The van der Waals surface area contributed by atoms with Crippen LogP contribution in [0.3, 0.4) is 0 Å². The van der Waals surface area contributed by atoms with Gasteiger partial charge < -0.3 is 24.0 Å². The zero-order valence-electron chi connectivity index (χ0n) is 10.0. The van der Waals surface area contributed by atoms with Gasteiger partial charge in [0.25, 0.3) is 0 Å². The molecule has 0 saturated carbocycles. The maximum Gasteiger partial charge on any atom is -1.00 e. The van der Waals surface area contributed by atoms with Crippen LogP contribution in [0.25, 0.3) is 0 Å². The van der Waals surface area contributed by atoms with Crippen molar-refractivity contribution >= 4 is 13.6 Å². The Morgan fingerprint density at radius 2 is 1.33 bits per heavy atom. The Hall–Kier alpha value is 0.508. The van der Waals surface area contributed by atoms with E-state index in [0.717, 1.165) is 0 Å². The van der Waals surface area contributed by atoms with Gasteiger partial charge in [-0.25, -0.2) is 0 Å². The zero-order chi connectivity index (χ0) is 10.4. The SMILES string of the molecule is CC[As+](CC)(CC)Cc1ccccc1.[I-]. The van der Waals surface area contributed by atoms with Crippen molar-refractivity contribution in [1.29, 1.82) is 0 Å². The topological polar surface area (TPSA) is 0 Å². The maximum atomic E-state index is 2.39. The Morgan fingerprint density at radius 3 is 1.73 bits per heavy atom. The Labute approximate surface area is 114 Å². The van der Waals surface area contributed by atoms with Gasteiger partial charge in [0.05, 0.1) is 0 Å². The number of hydrogen-bond donors (Lipinski definition) is 0. The Morgan fingerprint density at radius 1 is 0.867 bits per heavy atom. The molecule has 0 saturated heterocycles. The maximum absolute atomic E-state index is 2.39. The third-order valence-corrected chi connectivity index (χ3v) is 14.0. The van der Waals surface area contributed by atoms with E-state index in [9.17, 15) is 0 Å². The predicted octanol–water partition coefficient (Wildman–Crippen LogP) is 1.28. The summed E-state index contributed by atoms with van der Waals surface area (Å²) >= 11 is -1.31. The first-order valence-electron chi connectivity index (χ1n) is 5.65. The molecule has 0 unspecified atom stereocenters. The molecule has 0 aliphatic carbocycles. The molecular formula is C13H22AsI. The molecule has 1 rings (SSSR count). The van der Waals surface area contributed by atoms with Crippen LogP contribution >= 0.6 is 0 Å². The molecule has 2 heteroatoms. The molecule has 0 aliphatic rings. The van der Waals surface area contributed by atoms with E-state index < -0.39 is 13.6 Å². The average Bonchev–Trinajstić information content (AvgIpc) is 2.28. The summed E-state index contributed by atoms with van der Waals surface area (Å²) in [5, 5.41) is 5.78. The zero-order valence-corrected chi connectivity index (χ0v) is 14.1. The molecule has 15 heavy (non-hydrogen) atoms. The van der Waals surface area contributed by atoms with Crippen molar-refractivity contribution in [3.63, 3.8) is 0 Å². The standard InChI is InChI=1S/C13H22As.HI/c1-4-14(5-2,6-3)12-13-10-8-7-9-11-13;/h7-11H,4-6,12H2,1-3H3;1H/q+1;/p-1. The van der Waals surface area contributed by atoms with Gasteiger partial charge in [-0.2, -0.15) is 0 Å². The molecule has 0 aliphatic heterocycles. The van der Waals surface area contributed by atoms with Gasteiger partial charge in [-0.3, -0.25) is 0 Å². The first-order chi connectivity index (χ1) is 6.76.